The van der Waals surface area contributed by atoms with Crippen molar-refractivity contribution in [1.82, 2.24) is 15.3 Å². The van der Waals surface area contributed by atoms with Crippen molar-refractivity contribution in [3.05, 3.63) is 21.6 Å². The number of H-pyrrole nitrogens is 1. The second kappa shape index (κ2) is 6.72. The molecule has 6 nitrogen and oxygen atoms in total. The van der Waals surface area contributed by atoms with E-state index in [4.69, 9.17) is 4.74 Å². The quantitative estimate of drug-likeness (QED) is 0.440. The highest BCUT2D eigenvalue weighted by molar-refractivity contribution is 7.99. The predicted molar refractivity (Wildman–Crippen MR) is 72.5 cm³/mol. The van der Waals surface area contributed by atoms with Crippen LogP contribution in [0.1, 0.15) is 17.7 Å². The number of methoxy groups -OCH3 is 1. The molecule has 0 saturated heterocycles. The molecule has 0 radical (unpaired) electrons. The third-order valence-electron chi connectivity index (χ3n) is 2.89. The number of thioether (sulfide) groups is 1. The molecule has 1 aliphatic rings. The van der Waals surface area contributed by atoms with Crippen LogP contribution in [0.5, 0.6) is 0 Å². The summed E-state index contributed by atoms with van der Waals surface area (Å²) in [6.45, 7) is 0.981. The van der Waals surface area contributed by atoms with Crippen LogP contribution in [0.3, 0.4) is 0 Å². The Labute approximate surface area is 115 Å². The summed E-state index contributed by atoms with van der Waals surface area (Å²) < 4.78 is 4.84. The molecule has 0 saturated carbocycles. The smallest absolute Gasteiger partial charge is 0.254 e. The van der Waals surface area contributed by atoms with Crippen LogP contribution in [0.25, 0.3) is 0 Å². The molecule has 2 rings (SSSR count). The lowest BCUT2D eigenvalue weighted by molar-refractivity contribution is -0.118. The molecule has 7 heteroatoms. The molecule has 0 bridgehead atoms. The first-order valence-corrected chi connectivity index (χ1v) is 7.19. The van der Waals surface area contributed by atoms with Crippen molar-refractivity contribution in [2.75, 3.05) is 26.0 Å². The molecule has 1 heterocycles. The van der Waals surface area contributed by atoms with E-state index in [9.17, 15) is 9.59 Å². The fraction of sp³-hybridized carbons (Fsp3) is 0.583. The molecule has 0 fully saturated rings. The van der Waals surface area contributed by atoms with E-state index in [1.54, 1.807) is 7.11 Å². The maximum absolute atomic E-state index is 11.8. The monoisotopic (exact) mass is 283 g/mol. The maximum atomic E-state index is 11.8. The van der Waals surface area contributed by atoms with Gasteiger partial charge >= 0.3 is 0 Å². The first-order chi connectivity index (χ1) is 9.20. The van der Waals surface area contributed by atoms with Crippen LogP contribution < -0.4 is 10.9 Å². The van der Waals surface area contributed by atoms with Gasteiger partial charge in [-0.1, -0.05) is 11.8 Å². The number of aromatic nitrogens is 2. The fourth-order valence-corrected chi connectivity index (χ4v) is 2.67. The normalized spacial score (nSPS) is 13.3. The Morgan fingerprint density at radius 1 is 1.53 bits per heavy atom. The summed E-state index contributed by atoms with van der Waals surface area (Å²) in [4.78, 5) is 30.4. The van der Waals surface area contributed by atoms with Crippen molar-refractivity contribution in [1.29, 1.82) is 0 Å². The van der Waals surface area contributed by atoms with Crippen molar-refractivity contribution < 1.29 is 9.53 Å². The number of amides is 1. The van der Waals surface area contributed by atoms with Crippen LogP contribution in [-0.4, -0.2) is 41.9 Å². The van der Waals surface area contributed by atoms with Gasteiger partial charge < -0.3 is 15.0 Å². The zero-order valence-corrected chi connectivity index (χ0v) is 11.6. The van der Waals surface area contributed by atoms with Crippen LogP contribution >= 0.6 is 11.8 Å². The van der Waals surface area contributed by atoms with E-state index >= 15 is 0 Å². The minimum absolute atomic E-state index is 0.0650. The fourth-order valence-electron chi connectivity index (χ4n) is 1.96. The largest absolute Gasteiger partial charge is 0.383 e. The van der Waals surface area contributed by atoms with Crippen LogP contribution in [0, 0.1) is 0 Å². The van der Waals surface area contributed by atoms with Gasteiger partial charge in [-0.05, 0) is 19.3 Å². The zero-order chi connectivity index (χ0) is 13.7. The highest BCUT2D eigenvalue weighted by Gasteiger charge is 2.17. The minimum Gasteiger partial charge on any atom is -0.383 e. The summed E-state index contributed by atoms with van der Waals surface area (Å²) in [6.07, 6.45) is 2.64. The molecule has 0 atom stereocenters. The van der Waals surface area contributed by atoms with Gasteiger partial charge in [-0.2, -0.15) is 0 Å². The Morgan fingerprint density at radius 3 is 3.16 bits per heavy atom. The van der Waals surface area contributed by atoms with Crippen molar-refractivity contribution in [3.8, 4) is 0 Å². The molecular weight excluding hydrogens is 266 g/mol. The number of aryl methyl sites for hydroxylation is 1. The number of carbonyl (C=O) groups excluding carboxylic acids is 1. The lowest BCUT2D eigenvalue weighted by Crippen LogP contribution is -2.28. The van der Waals surface area contributed by atoms with Crippen LogP contribution in [0.2, 0.25) is 0 Å². The van der Waals surface area contributed by atoms with Gasteiger partial charge in [0.25, 0.3) is 5.56 Å². The molecule has 1 aromatic heterocycles. The topological polar surface area (TPSA) is 84.1 Å². The van der Waals surface area contributed by atoms with Crippen LogP contribution in [0.4, 0.5) is 0 Å². The zero-order valence-electron chi connectivity index (χ0n) is 10.8. The van der Waals surface area contributed by atoms with Gasteiger partial charge in [-0.25, -0.2) is 4.98 Å². The second-order valence-electron chi connectivity index (χ2n) is 4.28. The Morgan fingerprint density at radius 2 is 2.37 bits per heavy atom. The predicted octanol–water partition coefficient (Wildman–Crippen LogP) is 0.113. The molecule has 0 aliphatic heterocycles. The Bertz CT molecular complexity index is 515. The summed E-state index contributed by atoms with van der Waals surface area (Å²) in [5.74, 6) is 0.149. The first-order valence-electron chi connectivity index (χ1n) is 6.21. The summed E-state index contributed by atoms with van der Waals surface area (Å²) in [6, 6.07) is 0. The van der Waals surface area contributed by atoms with Gasteiger partial charge in [0.05, 0.1) is 18.1 Å². The minimum atomic E-state index is -0.0924. The molecule has 0 aromatic carbocycles. The second-order valence-corrected chi connectivity index (χ2v) is 5.25. The van der Waals surface area contributed by atoms with E-state index < -0.39 is 0 Å². The number of ether oxygens (including phenoxy) is 1. The number of aromatic amines is 1. The molecule has 104 valence electrons. The van der Waals surface area contributed by atoms with E-state index in [1.807, 2.05) is 0 Å². The third kappa shape index (κ3) is 3.81. The summed E-state index contributed by atoms with van der Waals surface area (Å²) in [7, 11) is 1.58. The van der Waals surface area contributed by atoms with E-state index in [0.717, 1.165) is 30.5 Å². The van der Waals surface area contributed by atoms with Crippen molar-refractivity contribution >= 4 is 17.7 Å². The number of nitrogens with zero attached hydrogens (tertiary/aromatic N) is 1. The number of hydrogen-bond donors (Lipinski definition) is 2. The molecule has 1 aromatic rings. The van der Waals surface area contributed by atoms with Crippen LogP contribution in [0.15, 0.2) is 9.95 Å². The average molecular weight is 283 g/mol. The molecule has 0 spiro atoms. The maximum Gasteiger partial charge on any atom is 0.254 e. The molecule has 19 heavy (non-hydrogen) atoms. The first kappa shape index (κ1) is 14.1. The highest BCUT2D eigenvalue weighted by Crippen LogP contribution is 2.19. The SMILES string of the molecule is COCCNC(=O)CSc1nc2c(c(=O)[nH]1)CCC2. The average Bonchev–Trinajstić information content (AvgIpc) is 2.85. The van der Waals surface area contributed by atoms with E-state index in [0.29, 0.717) is 18.3 Å². The molecular formula is C12H17N3O3S. The number of carbonyl (C=O) groups is 1. The summed E-state index contributed by atoms with van der Waals surface area (Å²) >= 11 is 1.25. The van der Waals surface area contributed by atoms with Crippen LogP contribution in [-0.2, 0) is 22.4 Å². The molecule has 1 aliphatic carbocycles. The molecule has 2 N–H and O–H groups in total. The van der Waals surface area contributed by atoms with Gasteiger partial charge in [0, 0.05) is 19.2 Å². The highest BCUT2D eigenvalue weighted by atomic mass is 32.2. The standard InChI is InChI=1S/C12H17N3O3S/c1-18-6-5-13-10(16)7-19-12-14-9-4-2-3-8(9)11(17)15-12/h2-7H2,1H3,(H,13,16)(H,14,15,17). The third-order valence-corrected chi connectivity index (χ3v) is 3.76. The van der Waals surface area contributed by atoms with Gasteiger partial charge in [0.2, 0.25) is 5.91 Å². The number of nitrogens with one attached hydrogen (secondary N) is 2. The number of rotatable bonds is 6. The van der Waals surface area contributed by atoms with Crippen molar-refractivity contribution in [2.45, 2.75) is 24.4 Å². The molecule has 0 unspecified atom stereocenters. The Hall–Kier alpha value is -1.34. The lowest BCUT2D eigenvalue weighted by Gasteiger charge is -2.05. The summed E-state index contributed by atoms with van der Waals surface area (Å²) in [5, 5.41) is 3.24. The van der Waals surface area contributed by atoms with E-state index in [-0.39, 0.29) is 17.2 Å². The Balaban J connectivity index is 1.88. The van der Waals surface area contributed by atoms with Gasteiger partial charge in [0.15, 0.2) is 5.16 Å². The van der Waals surface area contributed by atoms with E-state index in [1.165, 1.54) is 11.8 Å². The Kier molecular flexibility index (Phi) is 4.98. The summed E-state index contributed by atoms with van der Waals surface area (Å²) in [5.41, 5.74) is 1.62. The number of hydrogen-bond acceptors (Lipinski definition) is 5. The van der Waals surface area contributed by atoms with Gasteiger partial charge in [0.1, 0.15) is 0 Å². The number of fused-ring (bicyclic) bond motifs is 1. The van der Waals surface area contributed by atoms with Crippen molar-refractivity contribution in [3.63, 3.8) is 0 Å². The lowest BCUT2D eigenvalue weighted by atomic mass is 10.3. The van der Waals surface area contributed by atoms with Gasteiger partial charge in [-0.3, -0.25) is 9.59 Å². The van der Waals surface area contributed by atoms with Gasteiger partial charge in [-0.15, -0.1) is 0 Å². The molecule has 1 amide bonds. The van der Waals surface area contributed by atoms with Crippen molar-refractivity contribution in [2.24, 2.45) is 0 Å². The van der Waals surface area contributed by atoms with E-state index in [2.05, 4.69) is 15.3 Å².